The number of anilines is 1. The van der Waals surface area contributed by atoms with E-state index in [1.807, 2.05) is 50.2 Å². The monoisotopic (exact) mass is 659 g/mol. The fourth-order valence-electron chi connectivity index (χ4n) is 6.18. The third-order valence-electron chi connectivity index (χ3n) is 8.35. The van der Waals surface area contributed by atoms with Crippen LogP contribution < -0.4 is 35.6 Å². The van der Waals surface area contributed by atoms with Crippen LogP contribution in [0.5, 0.6) is 17.2 Å². The summed E-state index contributed by atoms with van der Waals surface area (Å²) in [6, 6.07) is 13.9. The zero-order valence-corrected chi connectivity index (χ0v) is 28.6. The largest absolute Gasteiger partial charge is 0.493 e. The number of amides is 2. The van der Waals surface area contributed by atoms with E-state index < -0.39 is 30.0 Å². The minimum absolute atomic E-state index is 0.0750. The van der Waals surface area contributed by atoms with Crippen LogP contribution in [-0.2, 0) is 32.0 Å². The molecular weight excluding hydrogens is 614 g/mol. The number of carbonyl (C=O) groups is 3. The number of ether oxygens (including phenoxy) is 4. The van der Waals surface area contributed by atoms with Crippen LogP contribution in [0.3, 0.4) is 0 Å². The zero-order valence-electron chi connectivity index (χ0n) is 28.6. The number of aryl methyl sites for hydroxylation is 1. The molecule has 0 radical (unpaired) electrons. The second kappa shape index (κ2) is 16.2. The summed E-state index contributed by atoms with van der Waals surface area (Å²) in [5.41, 5.74) is 3.57. The maximum atomic E-state index is 13.9. The molecule has 3 atom stereocenters. The van der Waals surface area contributed by atoms with Gasteiger partial charge in [0, 0.05) is 18.9 Å². The lowest BCUT2D eigenvalue weighted by atomic mass is 9.95. The second-order valence-corrected chi connectivity index (χ2v) is 12.2. The summed E-state index contributed by atoms with van der Waals surface area (Å²) < 4.78 is 22.1. The van der Waals surface area contributed by atoms with Crippen LogP contribution in [0.2, 0.25) is 0 Å². The van der Waals surface area contributed by atoms with E-state index in [4.69, 9.17) is 18.9 Å². The lowest BCUT2D eigenvalue weighted by molar-refractivity contribution is -0.145. The van der Waals surface area contributed by atoms with Crippen molar-refractivity contribution in [3.05, 3.63) is 81.5 Å². The summed E-state index contributed by atoms with van der Waals surface area (Å²) in [7, 11) is 5.89. The van der Waals surface area contributed by atoms with Crippen LogP contribution in [0.1, 0.15) is 56.3 Å². The average molecular weight is 660 g/mol. The van der Waals surface area contributed by atoms with Crippen molar-refractivity contribution in [2.45, 2.75) is 64.6 Å². The number of hydrogen-bond donors (Lipinski definition) is 3. The molecule has 0 fully saturated rings. The Morgan fingerprint density at radius 2 is 1.60 bits per heavy atom. The van der Waals surface area contributed by atoms with Crippen molar-refractivity contribution >= 4 is 23.5 Å². The molecule has 1 aliphatic carbocycles. The number of fused-ring (bicyclic) bond motifs is 3. The Hall–Kier alpha value is -5.06. The number of hydrogen-bond acceptors (Lipinski definition) is 9. The molecule has 3 aromatic rings. The van der Waals surface area contributed by atoms with Gasteiger partial charge in [-0.1, -0.05) is 50.2 Å². The standard InChI is InChI=1S/C37H45N3O8/c1-21(2)17-29(36(43)40-30(37(44)48-7)18-23-11-9-8-10-12-23)39-28-16-14-25-26(20-31(28)42)27(38-22(3)41)15-13-24-19-32(45-4)34(46-5)35(47-6)33(24)25/h8-12,14,16,19-21,27,29-30H,13,15,17-18H2,1-7H3,(H,38,41)(H,39,42)(H,40,43)/t27-,29-,30-/m0/s1. The fraction of sp³-hybridized carbons (Fsp3) is 0.405. The third kappa shape index (κ3) is 8.26. The van der Waals surface area contributed by atoms with E-state index in [0.29, 0.717) is 47.6 Å². The number of rotatable bonds is 13. The van der Waals surface area contributed by atoms with Gasteiger partial charge in [-0.3, -0.25) is 14.4 Å². The molecule has 0 saturated carbocycles. The van der Waals surface area contributed by atoms with Gasteiger partial charge in [-0.05, 0) is 65.6 Å². The normalized spacial score (nSPS) is 14.7. The predicted octanol–water partition coefficient (Wildman–Crippen LogP) is 4.59. The molecule has 3 N–H and O–H groups in total. The fourth-order valence-corrected chi connectivity index (χ4v) is 6.18. The number of benzene rings is 2. The molecule has 1 aliphatic rings. The van der Waals surface area contributed by atoms with Crippen molar-refractivity contribution in [3.63, 3.8) is 0 Å². The summed E-state index contributed by atoms with van der Waals surface area (Å²) in [6.45, 7) is 5.38. The first-order valence-electron chi connectivity index (χ1n) is 16.0. The van der Waals surface area contributed by atoms with Gasteiger partial charge < -0.3 is 34.9 Å². The number of esters is 1. The van der Waals surface area contributed by atoms with Gasteiger partial charge in [0.25, 0.3) is 0 Å². The van der Waals surface area contributed by atoms with Gasteiger partial charge in [-0.25, -0.2) is 4.79 Å². The summed E-state index contributed by atoms with van der Waals surface area (Å²) >= 11 is 0. The second-order valence-electron chi connectivity index (χ2n) is 12.2. The summed E-state index contributed by atoms with van der Waals surface area (Å²) in [4.78, 5) is 52.7. The van der Waals surface area contributed by atoms with Crippen LogP contribution in [0, 0.1) is 5.92 Å². The molecule has 0 aromatic heterocycles. The molecule has 256 valence electrons. The zero-order chi connectivity index (χ0) is 35.0. The first-order chi connectivity index (χ1) is 23.0. The van der Waals surface area contributed by atoms with Crippen LogP contribution in [0.4, 0.5) is 5.69 Å². The average Bonchev–Trinajstić information content (AvgIpc) is 3.31. The van der Waals surface area contributed by atoms with Gasteiger partial charge in [0.1, 0.15) is 12.1 Å². The van der Waals surface area contributed by atoms with Crippen LogP contribution >= 0.6 is 0 Å². The summed E-state index contributed by atoms with van der Waals surface area (Å²) in [5.74, 6) is 0.167. The lowest BCUT2D eigenvalue weighted by Gasteiger charge is -2.24. The van der Waals surface area contributed by atoms with Crippen molar-refractivity contribution in [2.75, 3.05) is 33.8 Å². The maximum absolute atomic E-state index is 13.9. The van der Waals surface area contributed by atoms with Gasteiger partial charge in [0.15, 0.2) is 11.5 Å². The Balaban J connectivity index is 1.79. The van der Waals surface area contributed by atoms with Crippen molar-refractivity contribution in [2.24, 2.45) is 5.92 Å². The highest BCUT2D eigenvalue weighted by Gasteiger charge is 2.31. The maximum Gasteiger partial charge on any atom is 0.328 e. The van der Waals surface area contributed by atoms with E-state index in [-0.39, 0.29) is 29.4 Å². The molecule has 11 heteroatoms. The highest BCUT2D eigenvalue weighted by Crippen LogP contribution is 2.50. The van der Waals surface area contributed by atoms with E-state index in [0.717, 1.165) is 16.7 Å². The number of nitrogens with one attached hydrogen (secondary N) is 3. The van der Waals surface area contributed by atoms with E-state index in [2.05, 4.69) is 16.0 Å². The highest BCUT2D eigenvalue weighted by atomic mass is 16.5. The molecule has 11 nitrogen and oxygen atoms in total. The van der Waals surface area contributed by atoms with Crippen LogP contribution in [0.25, 0.3) is 11.1 Å². The van der Waals surface area contributed by atoms with Gasteiger partial charge >= 0.3 is 5.97 Å². The molecular formula is C37H45N3O8. The van der Waals surface area contributed by atoms with E-state index in [1.54, 1.807) is 19.2 Å². The summed E-state index contributed by atoms with van der Waals surface area (Å²) in [5, 5.41) is 9.02. The molecule has 2 amide bonds. The molecule has 48 heavy (non-hydrogen) atoms. The smallest absolute Gasteiger partial charge is 0.328 e. The van der Waals surface area contributed by atoms with Gasteiger partial charge in [-0.2, -0.15) is 0 Å². The molecule has 0 heterocycles. The third-order valence-corrected chi connectivity index (χ3v) is 8.35. The molecule has 0 unspecified atom stereocenters. The lowest BCUT2D eigenvalue weighted by Crippen LogP contribution is -2.49. The predicted molar refractivity (Wildman–Crippen MR) is 184 cm³/mol. The Kier molecular flexibility index (Phi) is 12.1. The molecule has 3 aromatic carbocycles. The van der Waals surface area contributed by atoms with E-state index in [9.17, 15) is 19.2 Å². The van der Waals surface area contributed by atoms with Crippen LogP contribution in [-0.4, -0.2) is 58.3 Å². The molecule has 0 spiro atoms. The minimum atomic E-state index is -0.926. The molecule has 0 aliphatic heterocycles. The van der Waals surface area contributed by atoms with Gasteiger partial charge in [0.2, 0.25) is 23.0 Å². The van der Waals surface area contributed by atoms with Crippen LogP contribution in [0.15, 0.2) is 59.4 Å². The van der Waals surface area contributed by atoms with E-state index >= 15 is 0 Å². The first-order valence-corrected chi connectivity index (χ1v) is 16.0. The number of methoxy groups -OCH3 is 4. The van der Waals surface area contributed by atoms with E-state index in [1.165, 1.54) is 34.3 Å². The molecule has 4 rings (SSSR count). The SMILES string of the molecule is COC(=O)[C@H](Cc1ccccc1)NC(=O)[C@H](CC(C)C)Nc1ccc2c(cc1=O)[C@@H](NC(C)=O)CCc1cc(OC)c(OC)c(OC)c1-2. The van der Waals surface area contributed by atoms with Crippen molar-refractivity contribution < 1.29 is 33.3 Å². The Bertz CT molecular complexity index is 1690. The van der Waals surface area contributed by atoms with Crippen molar-refractivity contribution in [3.8, 4) is 28.4 Å². The topological polar surface area (TPSA) is 141 Å². The van der Waals surface area contributed by atoms with Crippen molar-refractivity contribution in [1.29, 1.82) is 0 Å². The Morgan fingerprint density at radius 1 is 0.896 bits per heavy atom. The van der Waals surface area contributed by atoms with Crippen molar-refractivity contribution in [1.82, 2.24) is 10.6 Å². The Morgan fingerprint density at radius 3 is 2.21 bits per heavy atom. The molecule has 0 bridgehead atoms. The summed E-state index contributed by atoms with van der Waals surface area (Å²) in [6.07, 6.45) is 1.70. The molecule has 0 saturated heterocycles. The van der Waals surface area contributed by atoms with Gasteiger partial charge in [-0.15, -0.1) is 0 Å². The Labute approximate surface area is 281 Å². The van der Waals surface area contributed by atoms with Gasteiger partial charge in [0.05, 0.1) is 40.2 Å². The highest BCUT2D eigenvalue weighted by molar-refractivity contribution is 5.90. The minimum Gasteiger partial charge on any atom is -0.493 e. The number of carbonyl (C=O) groups excluding carboxylic acids is 3. The quantitative estimate of drug-likeness (QED) is 0.225. The first kappa shape index (κ1) is 35.8.